The highest BCUT2D eigenvalue weighted by Crippen LogP contribution is 2.43. The lowest BCUT2D eigenvalue weighted by atomic mass is 9.88. The molecule has 5 unspecified atom stereocenters. The minimum absolute atomic E-state index is 0.00259. The van der Waals surface area contributed by atoms with E-state index in [9.17, 15) is 79.8 Å². The number of rotatable bonds is 28. The lowest BCUT2D eigenvalue weighted by molar-refractivity contribution is -0.136. The fourth-order valence-corrected chi connectivity index (χ4v) is 16.7. The maximum Gasteiger partial charge on any atom is 0.329 e. The van der Waals surface area contributed by atoms with Crippen LogP contribution in [0.1, 0.15) is 99.0 Å². The van der Waals surface area contributed by atoms with Crippen LogP contribution in [0, 0.1) is 38.5 Å². The van der Waals surface area contributed by atoms with Crippen LogP contribution >= 0.6 is 22.6 Å². The summed E-state index contributed by atoms with van der Waals surface area (Å²) < 4.78 is 118. The molecule has 6 N–H and O–H groups in total. The number of hydrogen-bond donors (Lipinski definition) is 6. The van der Waals surface area contributed by atoms with Crippen LogP contribution in [0.3, 0.4) is 0 Å². The van der Waals surface area contributed by atoms with E-state index in [2.05, 4.69) is 89.2 Å². The number of likely N-dealkylation sites (N-methyl/N-ethyl adjacent to an activating group) is 3. The molecule has 11 rings (SSSR count). The van der Waals surface area contributed by atoms with Crippen molar-refractivity contribution in [3.8, 4) is 34.5 Å². The molecule has 39 heteroatoms. The second-order valence-corrected chi connectivity index (χ2v) is 60.4. The number of nitrogens with one attached hydrogen (secondary N) is 2. The summed E-state index contributed by atoms with van der Waals surface area (Å²) in [4.78, 5) is 137. The van der Waals surface area contributed by atoms with Crippen LogP contribution < -0.4 is 20.1 Å². The number of carbonyl (C=O) groups is 11. The molecule has 5 aliphatic heterocycles. The molecular weight excluding hydrogens is 1840 g/mol. The minimum Gasteiger partial charge on any atom is -0.508 e. The monoisotopic (exact) mass is 1960 g/mol. The van der Waals surface area contributed by atoms with Crippen molar-refractivity contribution in [2.75, 3.05) is 74.6 Å². The number of imide groups is 2. The average molecular weight is 1960 g/mol. The van der Waals surface area contributed by atoms with Gasteiger partial charge in [-0.25, -0.2) is 45.7 Å². The Morgan fingerprint density at radius 3 is 1.18 bits per heavy atom. The van der Waals surface area contributed by atoms with Crippen LogP contribution in [0.5, 0.6) is 34.5 Å². The van der Waals surface area contributed by atoms with Gasteiger partial charge in [0.1, 0.15) is 111 Å². The largest absolute Gasteiger partial charge is 0.508 e. The first kappa shape index (κ1) is 106. The first-order valence-electron chi connectivity index (χ1n) is 40.6. The molecule has 127 heavy (non-hydrogen) atoms. The third kappa shape index (κ3) is 26.9. The van der Waals surface area contributed by atoms with Crippen LogP contribution in [0.25, 0.3) is 0 Å². The zero-order valence-corrected chi connectivity index (χ0v) is 81.7. The van der Waals surface area contributed by atoms with Gasteiger partial charge in [-0.2, -0.15) is 0 Å². The van der Waals surface area contributed by atoms with Crippen LogP contribution in [0.2, 0.25) is 103 Å². The van der Waals surface area contributed by atoms with Gasteiger partial charge in [-0.15, -0.1) is 0 Å². The van der Waals surface area contributed by atoms with Gasteiger partial charge in [-0.1, -0.05) is 78.6 Å². The van der Waals surface area contributed by atoms with Crippen LogP contribution in [0.15, 0.2) is 103 Å². The number of aromatic hydroxyl groups is 4. The van der Waals surface area contributed by atoms with Gasteiger partial charge in [0.15, 0.2) is 36.7 Å². The summed E-state index contributed by atoms with van der Waals surface area (Å²) in [6.45, 7) is 37.6. The van der Waals surface area contributed by atoms with Crippen molar-refractivity contribution in [2.24, 2.45) is 0 Å². The first-order valence-corrected chi connectivity index (χ1v) is 56.5. The van der Waals surface area contributed by atoms with Crippen molar-refractivity contribution in [2.45, 2.75) is 191 Å². The highest BCUT2D eigenvalue weighted by molar-refractivity contribution is 14.1. The molecule has 0 radical (unpaired) electrons. The Labute approximate surface area is 753 Å². The standard InChI is InChI=1S/C23H39FN2O5Si2.C22H37FN2O5Si2.C12H11FINO3.C12H12FNO3.C11H10FNO3.C8H7FO2/c1-23(21(27)26(22(28)25(23)2)16-29-11-13-32(3,4)5)19-10-9-18(15-20(19)24)31-17-30-12-14-33(6,7)8;1-22(20(26)25(21(27)24-22)15-28-10-12-31(2,3)4)18-9-8-17(14-19(18)23)30-16-29-11-13-32(5,6)7;1-12(10(17)5-11(18)15(12)2)6-3-8(14)9(16)4-7(6)13;1-12(10(16)6-11(17)14(12)2)8-4-3-7(15)5-9(8)13;1-11(9(15)5-10(16)13-11)7-3-2-6(14)4-8(7)12;1-5(10)7-3-2-6(11)4-8(7)9/h9-10,15H,11-14,16-17H2,1-8H3;8-9,14H,10-13,15-16H2,1-7H3,(H,24,27);3-4,16H,5H2,1-2H3;3-5,15H,6H2,1-2H3;2-4,14H,5H2,1H3,(H,13,16);2-4,11H,1H3. The number of urea groups is 2. The number of likely N-dealkylation sites (tertiary alicyclic amines) is 2. The van der Waals surface area contributed by atoms with Crippen molar-refractivity contribution >= 4 is 120 Å². The summed E-state index contributed by atoms with van der Waals surface area (Å²) >= 11 is 1.85. The Morgan fingerprint density at radius 1 is 0.417 bits per heavy atom. The number of ketones is 4. The molecule has 5 atom stereocenters. The lowest BCUT2D eigenvalue weighted by Gasteiger charge is -2.31. The van der Waals surface area contributed by atoms with Crippen molar-refractivity contribution in [3.63, 3.8) is 0 Å². The van der Waals surface area contributed by atoms with Crippen LogP contribution in [-0.4, -0.2) is 217 Å². The normalized spacial score (nSPS) is 20.6. The van der Waals surface area contributed by atoms with E-state index < -0.39 is 125 Å². The van der Waals surface area contributed by atoms with E-state index in [-0.39, 0.29) is 138 Å². The van der Waals surface area contributed by atoms with E-state index >= 15 is 4.39 Å². The minimum atomic E-state index is -1.50. The summed E-state index contributed by atoms with van der Waals surface area (Å²) in [6, 6.07) is 24.2. The highest BCUT2D eigenvalue weighted by atomic mass is 127. The molecule has 6 aromatic carbocycles. The Bertz CT molecular complexity index is 5110. The number of phenols is 4. The highest BCUT2D eigenvalue weighted by Gasteiger charge is 2.56. The zero-order valence-electron chi connectivity index (χ0n) is 75.5. The van der Waals surface area contributed by atoms with E-state index in [4.69, 9.17) is 43.7 Å². The molecule has 0 bridgehead atoms. The number of carbonyl (C=O) groups excluding carboxylic acids is 11. The van der Waals surface area contributed by atoms with Crippen molar-refractivity contribution < 1.29 is 128 Å². The number of amides is 9. The molecular formula is C88H116F6IN7O21Si4. The Kier molecular flexibility index (Phi) is 35.9. The van der Waals surface area contributed by atoms with Gasteiger partial charge in [0.05, 0.1) is 28.4 Å². The van der Waals surface area contributed by atoms with Gasteiger partial charge in [0, 0.05) is 144 Å². The molecule has 0 aliphatic carbocycles. The molecule has 694 valence electrons. The Balaban J connectivity index is 0.000000244. The van der Waals surface area contributed by atoms with E-state index in [1.165, 1.54) is 137 Å². The predicted octanol–water partition coefficient (Wildman–Crippen LogP) is 15.1. The van der Waals surface area contributed by atoms with Gasteiger partial charge >= 0.3 is 12.1 Å². The van der Waals surface area contributed by atoms with Gasteiger partial charge in [-0.3, -0.25) is 43.2 Å². The number of halogens is 7. The molecule has 5 fully saturated rings. The van der Waals surface area contributed by atoms with Gasteiger partial charge < -0.3 is 74.2 Å². The molecule has 0 aromatic heterocycles. The molecule has 6 aromatic rings. The molecule has 0 saturated carbocycles. The molecule has 5 heterocycles. The lowest BCUT2D eigenvalue weighted by Crippen LogP contribution is -2.43. The van der Waals surface area contributed by atoms with Gasteiger partial charge in [-0.05, 0) is 155 Å². The number of hydrogen-bond acceptors (Lipinski definition) is 21. The first-order chi connectivity index (χ1) is 58.6. The fraction of sp³-hybridized carbons (Fsp3) is 0.466. The summed E-state index contributed by atoms with van der Waals surface area (Å²) in [6.07, 6.45) is -0.673. The second-order valence-electron chi connectivity index (χ2n) is 36.7. The van der Waals surface area contributed by atoms with Crippen LogP contribution in [0.4, 0.5) is 35.9 Å². The van der Waals surface area contributed by atoms with Gasteiger partial charge in [0.25, 0.3) is 11.8 Å². The SMILES string of the molecule is CC(=O)c1ccc(O)cc1F.CC1(c2ccc(O)cc2F)NC(=O)CC1=O.CC1(c2ccc(OCOCC[Si](C)(C)C)cc2F)NC(=O)N(COCC[Si](C)(C)C)C1=O.CN1C(=O)CC(=O)C1(C)c1cc(I)c(O)cc1F.CN1C(=O)CC(=O)C1(C)c1ccc(O)cc1F.CN1C(=O)N(COCC[Si](C)(C)C)C(=O)C1(C)c1ccc(OCOCC[Si](C)(C)C)cc1F. The van der Waals surface area contributed by atoms with E-state index in [1.54, 1.807) is 19.1 Å². The summed E-state index contributed by atoms with van der Waals surface area (Å²) in [7, 11) is -0.493. The Hall–Kier alpha value is -9.89. The Morgan fingerprint density at radius 2 is 0.787 bits per heavy atom. The molecule has 28 nitrogen and oxygen atoms in total. The number of benzene rings is 6. The maximum absolute atomic E-state index is 15.1. The second kappa shape index (κ2) is 43.0. The molecule has 9 amide bonds. The number of nitrogens with zero attached hydrogens (tertiary/aromatic N) is 5. The summed E-state index contributed by atoms with van der Waals surface area (Å²) in [5, 5.41) is 41.5. The summed E-state index contributed by atoms with van der Waals surface area (Å²) in [5.41, 5.74) is -6.39. The van der Waals surface area contributed by atoms with Crippen molar-refractivity contribution in [1.29, 1.82) is 0 Å². The molecule has 0 spiro atoms. The number of phenolic OH excluding ortho intramolecular Hbond substituents is 4. The average Bonchev–Trinajstić information content (AvgIpc) is 1.57. The third-order valence-electron chi connectivity index (χ3n) is 22.0. The van der Waals surface area contributed by atoms with Gasteiger partial charge in [0.2, 0.25) is 17.7 Å². The van der Waals surface area contributed by atoms with E-state index in [1.807, 2.05) is 22.6 Å². The van der Waals surface area contributed by atoms with Crippen LogP contribution in [-0.2, 0) is 85.0 Å². The number of ether oxygens (including phenoxy) is 6. The smallest absolute Gasteiger partial charge is 0.329 e. The topological polar surface area (TPSA) is 364 Å². The van der Waals surface area contributed by atoms with E-state index in [0.717, 1.165) is 58.2 Å². The predicted molar refractivity (Wildman–Crippen MR) is 480 cm³/mol. The van der Waals surface area contributed by atoms with Crippen molar-refractivity contribution in [3.05, 3.63) is 175 Å². The maximum atomic E-state index is 15.1. The zero-order chi connectivity index (χ0) is 96.0. The quantitative estimate of drug-likeness (QED) is 0.00388. The molecule has 5 saturated heterocycles. The number of Topliss-reactive ketones (excluding diaryl/α,β-unsaturated/α-hetero) is 4. The third-order valence-corrected chi connectivity index (χ3v) is 29.7. The van der Waals surface area contributed by atoms with E-state index in [0.29, 0.717) is 41.5 Å². The molecule has 5 aliphatic rings. The summed E-state index contributed by atoms with van der Waals surface area (Å²) in [5.74, 6) is -7.74. The fourth-order valence-electron chi connectivity index (χ4n) is 13.2. The van der Waals surface area contributed by atoms with Crippen molar-refractivity contribution in [1.82, 2.24) is 35.1 Å².